The van der Waals surface area contributed by atoms with Crippen LogP contribution in [0.15, 0.2) is 17.3 Å². The van der Waals surface area contributed by atoms with E-state index in [4.69, 9.17) is 23.2 Å². The molecule has 0 aliphatic rings. The summed E-state index contributed by atoms with van der Waals surface area (Å²) >= 11 is 13.3. The number of nitrogens with one attached hydrogen (secondary N) is 2. The van der Waals surface area contributed by atoms with Gasteiger partial charge in [0.15, 0.2) is 5.16 Å². The first-order chi connectivity index (χ1) is 9.49. The maximum absolute atomic E-state index is 11.7. The van der Waals surface area contributed by atoms with Crippen molar-refractivity contribution in [1.29, 1.82) is 0 Å². The first-order valence-electron chi connectivity index (χ1n) is 6.26. The number of halogens is 2. The topological polar surface area (TPSA) is 57.8 Å². The maximum atomic E-state index is 11.7. The van der Waals surface area contributed by atoms with Crippen LogP contribution < -0.4 is 5.32 Å². The lowest BCUT2D eigenvalue weighted by atomic mass is 10.3. The molecule has 108 valence electrons. The number of rotatable bonds is 5. The van der Waals surface area contributed by atoms with Gasteiger partial charge in [0.2, 0.25) is 5.91 Å². The van der Waals surface area contributed by atoms with Gasteiger partial charge in [0.05, 0.1) is 16.3 Å². The number of thioether (sulfide) groups is 1. The average molecular weight is 332 g/mol. The number of hydrogen-bond donors (Lipinski definition) is 2. The third-order valence-corrected chi connectivity index (χ3v) is 4.22. The Morgan fingerprint density at radius 2 is 2.25 bits per heavy atom. The summed E-state index contributed by atoms with van der Waals surface area (Å²) in [7, 11) is 0. The molecule has 1 atom stereocenters. The number of H-pyrrole nitrogens is 1. The maximum Gasteiger partial charge on any atom is 0.230 e. The zero-order valence-electron chi connectivity index (χ0n) is 11.2. The second kappa shape index (κ2) is 6.70. The number of carbonyl (C=O) groups is 1. The Morgan fingerprint density at radius 3 is 2.95 bits per heavy atom. The van der Waals surface area contributed by atoms with Crippen LogP contribution in [0.1, 0.15) is 20.3 Å². The minimum atomic E-state index is -0.00562. The number of amides is 1. The lowest BCUT2D eigenvalue weighted by Crippen LogP contribution is -2.33. The van der Waals surface area contributed by atoms with Gasteiger partial charge in [-0.25, -0.2) is 4.98 Å². The predicted octanol–water partition coefficient (Wildman–Crippen LogP) is 3.88. The normalized spacial score (nSPS) is 12.6. The Kier molecular flexibility index (Phi) is 5.18. The molecule has 1 unspecified atom stereocenters. The van der Waals surface area contributed by atoms with Gasteiger partial charge < -0.3 is 10.3 Å². The lowest BCUT2D eigenvalue weighted by molar-refractivity contribution is -0.119. The fraction of sp³-hybridized carbons (Fsp3) is 0.385. The van der Waals surface area contributed by atoms with Crippen LogP contribution >= 0.6 is 35.0 Å². The molecule has 2 aromatic rings. The monoisotopic (exact) mass is 331 g/mol. The van der Waals surface area contributed by atoms with E-state index in [0.717, 1.165) is 11.9 Å². The fourth-order valence-electron chi connectivity index (χ4n) is 1.64. The molecule has 7 heteroatoms. The quantitative estimate of drug-likeness (QED) is 0.817. The van der Waals surface area contributed by atoms with Gasteiger partial charge in [0.1, 0.15) is 5.52 Å². The predicted molar refractivity (Wildman–Crippen MR) is 84.7 cm³/mol. The SMILES string of the molecule is CCC(C)NC(=O)CSc1nc2c(Cl)cc(Cl)cc2[nH]1. The van der Waals surface area contributed by atoms with E-state index in [-0.39, 0.29) is 11.9 Å². The molecule has 0 spiro atoms. The molecule has 1 amide bonds. The summed E-state index contributed by atoms with van der Waals surface area (Å²) in [4.78, 5) is 19.2. The Morgan fingerprint density at radius 1 is 1.50 bits per heavy atom. The summed E-state index contributed by atoms with van der Waals surface area (Å²) in [5.41, 5.74) is 1.44. The van der Waals surface area contributed by atoms with Crippen molar-refractivity contribution in [1.82, 2.24) is 15.3 Å². The molecular weight excluding hydrogens is 317 g/mol. The fourth-order valence-corrected chi connectivity index (χ4v) is 2.87. The summed E-state index contributed by atoms with van der Waals surface area (Å²) in [6, 6.07) is 3.60. The Hall–Kier alpha value is -0.910. The van der Waals surface area contributed by atoms with Crippen LogP contribution in [0.2, 0.25) is 10.0 Å². The highest BCUT2D eigenvalue weighted by Gasteiger charge is 2.11. The van der Waals surface area contributed by atoms with E-state index in [0.29, 0.717) is 26.5 Å². The van der Waals surface area contributed by atoms with Crippen LogP contribution in [0.25, 0.3) is 11.0 Å². The van der Waals surface area contributed by atoms with Crippen molar-refractivity contribution in [3.8, 4) is 0 Å². The standard InChI is InChI=1S/C13H15Cl2N3OS/c1-3-7(2)16-11(19)6-20-13-17-10-5-8(14)4-9(15)12(10)18-13/h4-5,7H,3,6H2,1-2H3,(H,16,19)(H,17,18). The van der Waals surface area contributed by atoms with E-state index in [9.17, 15) is 4.79 Å². The molecule has 0 bridgehead atoms. The molecule has 1 aromatic heterocycles. The number of hydrogen-bond acceptors (Lipinski definition) is 3. The van der Waals surface area contributed by atoms with E-state index < -0.39 is 0 Å². The lowest BCUT2D eigenvalue weighted by Gasteiger charge is -2.10. The van der Waals surface area contributed by atoms with Crippen LogP contribution in [0.3, 0.4) is 0 Å². The summed E-state index contributed by atoms with van der Waals surface area (Å²) in [6.07, 6.45) is 0.912. The molecule has 1 aromatic carbocycles. The van der Waals surface area contributed by atoms with Gasteiger partial charge in [-0.1, -0.05) is 41.9 Å². The van der Waals surface area contributed by atoms with Crippen molar-refractivity contribution in [3.63, 3.8) is 0 Å². The van der Waals surface area contributed by atoms with Gasteiger partial charge in [-0.3, -0.25) is 4.79 Å². The second-order valence-corrected chi connectivity index (χ2v) is 6.30. The molecule has 0 saturated heterocycles. The number of aromatic amines is 1. The van der Waals surface area contributed by atoms with E-state index in [1.165, 1.54) is 11.8 Å². The number of carbonyl (C=O) groups excluding carboxylic acids is 1. The Labute approximate surface area is 131 Å². The van der Waals surface area contributed by atoms with Crippen molar-refractivity contribution < 1.29 is 4.79 Å². The first kappa shape index (κ1) is 15.5. The molecule has 4 nitrogen and oxygen atoms in total. The van der Waals surface area contributed by atoms with Crippen molar-refractivity contribution in [3.05, 3.63) is 22.2 Å². The van der Waals surface area contributed by atoms with Gasteiger partial charge in [0, 0.05) is 11.1 Å². The number of fused-ring (bicyclic) bond motifs is 1. The molecule has 0 aliphatic heterocycles. The highest BCUT2D eigenvalue weighted by molar-refractivity contribution is 7.99. The smallest absolute Gasteiger partial charge is 0.230 e. The average Bonchev–Trinajstić information content (AvgIpc) is 2.79. The largest absolute Gasteiger partial charge is 0.353 e. The van der Waals surface area contributed by atoms with Crippen molar-refractivity contribution in [2.75, 3.05) is 5.75 Å². The summed E-state index contributed by atoms with van der Waals surface area (Å²) in [6.45, 7) is 4.01. The number of nitrogens with zero attached hydrogens (tertiary/aromatic N) is 1. The third kappa shape index (κ3) is 3.81. The number of imidazole rings is 1. The number of aromatic nitrogens is 2. The van der Waals surface area contributed by atoms with Gasteiger partial charge in [-0.15, -0.1) is 0 Å². The summed E-state index contributed by atoms with van der Waals surface area (Å²) in [5.74, 6) is 0.309. The zero-order chi connectivity index (χ0) is 14.7. The van der Waals surface area contributed by atoms with Crippen LogP contribution in [-0.4, -0.2) is 27.7 Å². The minimum Gasteiger partial charge on any atom is -0.353 e. The molecule has 2 rings (SSSR count). The number of benzene rings is 1. The van der Waals surface area contributed by atoms with Crippen LogP contribution in [-0.2, 0) is 4.79 Å². The molecule has 1 heterocycles. The first-order valence-corrected chi connectivity index (χ1v) is 8.00. The molecule has 0 radical (unpaired) electrons. The molecule has 0 aliphatic carbocycles. The van der Waals surface area contributed by atoms with Crippen LogP contribution in [0.5, 0.6) is 0 Å². The molecular formula is C13H15Cl2N3OS. The molecule has 0 saturated carbocycles. The summed E-state index contributed by atoms with van der Waals surface area (Å²) < 4.78 is 0. The highest BCUT2D eigenvalue weighted by atomic mass is 35.5. The van der Waals surface area contributed by atoms with Crippen LogP contribution in [0, 0.1) is 0 Å². The van der Waals surface area contributed by atoms with Gasteiger partial charge in [-0.05, 0) is 25.5 Å². The van der Waals surface area contributed by atoms with E-state index in [1.54, 1.807) is 12.1 Å². The van der Waals surface area contributed by atoms with E-state index >= 15 is 0 Å². The Bertz CT molecular complexity index is 629. The van der Waals surface area contributed by atoms with Gasteiger partial charge in [-0.2, -0.15) is 0 Å². The third-order valence-electron chi connectivity index (χ3n) is 2.84. The second-order valence-electron chi connectivity index (χ2n) is 4.49. The van der Waals surface area contributed by atoms with Gasteiger partial charge in [0.25, 0.3) is 0 Å². The van der Waals surface area contributed by atoms with Gasteiger partial charge >= 0.3 is 0 Å². The molecule has 0 fully saturated rings. The van der Waals surface area contributed by atoms with Crippen molar-refractivity contribution in [2.45, 2.75) is 31.5 Å². The molecule has 2 N–H and O–H groups in total. The molecule has 20 heavy (non-hydrogen) atoms. The zero-order valence-corrected chi connectivity index (χ0v) is 13.5. The van der Waals surface area contributed by atoms with Crippen LogP contribution in [0.4, 0.5) is 0 Å². The summed E-state index contributed by atoms with van der Waals surface area (Å²) in [5, 5.41) is 4.61. The van der Waals surface area contributed by atoms with Crippen molar-refractivity contribution in [2.24, 2.45) is 0 Å². The minimum absolute atomic E-state index is 0.00562. The van der Waals surface area contributed by atoms with E-state index in [1.807, 2.05) is 13.8 Å². The Balaban J connectivity index is 2.04. The van der Waals surface area contributed by atoms with E-state index in [2.05, 4.69) is 15.3 Å². The highest BCUT2D eigenvalue weighted by Crippen LogP contribution is 2.28. The van der Waals surface area contributed by atoms with Crippen molar-refractivity contribution >= 4 is 51.9 Å².